The number of carbonyl (C=O) groups is 1. The van der Waals surface area contributed by atoms with Crippen molar-refractivity contribution >= 4 is 23.2 Å². The van der Waals surface area contributed by atoms with Crippen LogP contribution in [0.5, 0.6) is 5.75 Å². The van der Waals surface area contributed by atoms with Crippen LogP contribution in [0.3, 0.4) is 0 Å². The zero-order valence-corrected chi connectivity index (χ0v) is 17.7. The first-order valence-corrected chi connectivity index (χ1v) is 9.33. The van der Waals surface area contributed by atoms with Crippen molar-refractivity contribution in [2.45, 2.75) is 39.5 Å². The molecule has 0 saturated heterocycles. The molecule has 0 aliphatic carbocycles. The maximum absolute atomic E-state index is 13.2. The number of aryl methyl sites for hydroxylation is 2. The van der Waals surface area contributed by atoms with E-state index in [4.69, 9.17) is 16.3 Å². The average Bonchev–Trinajstić information content (AvgIpc) is 2.61. The van der Waals surface area contributed by atoms with Gasteiger partial charge in [0.25, 0.3) is 0 Å². The Balaban J connectivity index is 2.15. The van der Waals surface area contributed by atoms with Gasteiger partial charge in [0.1, 0.15) is 5.75 Å². The number of hydrogen-bond acceptors (Lipinski definition) is 3. The Kier molecular flexibility index (Phi) is 7.19. The average molecular weight is 429 g/mol. The smallest absolute Gasteiger partial charge is 0.418 e. The highest BCUT2D eigenvalue weighted by Crippen LogP contribution is 2.36. The zero-order chi connectivity index (χ0) is 21.9. The molecule has 0 saturated carbocycles. The van der Waals surface area contributed by atoms with Gasteiger partial charge in [0.2, 0.25) is 5.91 Å². The van der Waals surface area contributed by atoms with E-state index in [2.05, 4.69) is 5.32 Å². The first kappa shape index (κ1) is 23.0. The lowest BCUT2D eigenvalue weighted by molar-refractivity contribution is -0.137. The Morgan fingerprint density at radius 1 is 1.21 bits per heavy atom. The number of hydrogen-bond donors (Lipinski definition) is 1. The molecule has 0 heterocycles. The molecule has 0 fully saturated rings. The van der Waals surface area contributed by atoms with Gasteiger partial charge in [0, 0.05) is 11.6 Å². The quantitative estimate of drug-likeness (QED) is 0.665. The van der Waals surface area contributed by atoms with E-state index in [1.807, 2.05) is 26.0 Å². The maximum Gasteiger partial charge on any atom is 0.418 e. The topological polar surface area (TPSA) is 41.6 Å². The van der Waals surface area contributed by atoms with Gasteiger partial charge in [0.15, 0.2) is 0 Å². The molecule has 0 spiro atoms. The minimum absolute atomic E-state index is 0.0502. The van der Waals surface area contributed by atoms with E-state index in [1.54, 1.807) is 26.0 Å². The van der Waals surface area contributed by atoms with Gasteiger partial charge >= 0.3 is 6.18 Å². The Labute approximate surface area is 173 Å². The number of alkyl halides is 3. The van der Waals surface area contributed by atoms with Crippen LogP contribution in [-0.2, 0) is 17.5 Å². The number of ether oxygens (including phenoxy) is 1. The highest BCUT2D eigenvalue weighted by Gasteiger charge is 2.34. The second-order valence-electron chi connectivity index (χ2n) is 7.03. The number of carbonyl (C=O) groups excluding carboxylic acids is 1. The molecule has 0 bridgehead atoms. The minimum Gasteiger partial charge on any atom is -0.496 e. The Hall–Kier alpha value is -2.25. The number of anilines is 1. The lowest BCUT2D eigenvalue weighted by Crippen LogP contribution is -2.39. The van der Waals surface area contributed by atoms with Crippen molar-refractivity contribution in [3.8, 4) is 5.75 Å². The van der Waals surface area contributed by atoms with Crippen LogP contribution < -0.4 is 10.1 Å². The largest absolute Gasteiger partial charge is 0.496 e. The summed E-state index contributed by atoms with van der Waals surface area (Å²) < 4.78 is 45.1. The molecule has 1 atom stereocenters. The third kappa shape index (κ3) is 5.64. The summed E-state index contributed by atoms with van der Waals surface area (Å²) in [5.74, 6) is 0.270. The first-order chi connectivity index (χ1) is 13.4. The summed E-state index contributed by atoms with van der Waals surface area (Å²) >= 11 is 5.68. The fourth-order valence-corrected chi connectivity index (χ4v) is 3.35. The van der Waals surface area contributed by atoms with Crippen molar-refractivity contribution < 1.29 is 22.7 Å². The molecule has 2 aromatic rings. The molecule has 0 aromatic heterocycles. The molecule has 0 aliphatic rings. The first-order valence-electron chi connectivity index (χ1n) is 8.96. The van der Waals surface area contributed by atoms with Crippen LogP contribution in [0.4, 0.5) is 18.9 Å². The molecule has 4 nitrogen and oxygen atoms in total. The number of amides is 1. The highest BCUT2D eigenvalue weighted by molar-refractivity contribution is 6.30. The molecule has 2 rings (SSSR count). The molecule has 1 amide bonds. The number of methoxy groups -OCH3 is 1. The summed E-state index contributed by atoms with van der Waals surface area (Å²) in [4.78, 5) is 14.3. The van der Waals surface area contributed by atoms with Crippen molar-refractivity contribution in [1.29, 1.82) is 0 Å². The van der Waals surface area contributed by atoms with Gasteiger partial charge < -0.3 is 10.1 Å². The van der Waals surface area contributed by atoms with Crippen LogP contribution in [0.1, 0.15) is 29.2 Å². The SMILES string of the molecule is COc1c(C)cc(CN(C)C(C)C(=O)Nc2ccc(Cl)cc2C(F)(F)F)cc1C. The molecule has 2 aromatic carbocycles. The summed E-state index contributed by atoms with van der Waals surface area (Å²) in [5, 5.41) is 2.32. The highest BCUT2D eigenvalue weighted by atomic mass is 35.5. The Bertz CT molecular complexity index is 877. The van der Waals surface area contributed by atoms with E-state index in [0.29, 0.717) is 6.54 Å². The predicted molar refractivity (Wildman–Crippen MR) is 108 cm³/mol. The van der Waals surface area contributed by atoms with Crippen LogP contribution in [0.15, 0.2) is 30.3 Å². The molecule has 1 N–H and O–H groups in total. The molecular weight excluding hydrogens is 405 g/mol. The van der Waals surface area contributed by atoms with Gasteiger partial charge in [-0.3, -0.25) is 9.69 Å². The molecule has 0 radical (unpaired) electrons. The molecular formula is C21H24ClF3N2O2. The number of nitrogens with one attached hydrogen (secondary N) is 1. The Morgan fingerprint density at radius 2 is 1.79 bits per heavy atom. The summed E-state index contributed by atoms with van der Waals surface area (Å²) in [6, 6.07) is 6.54. The fourth-order valence-electron chi connectivity index (χ4n) is 3.18. The van der Waals surface area contributed by atoms with Crippen LogP contribution in [-0.4, -0.2) is 31.0 Å². The summed E-state index contributed by atoms with van der Waals surface area (Å²) in [7, 11) is 3.35. The van der Waals surface area contributed by atoms with Crippen LogP contribution in [0.25, 0.3) is 0 Å². The molecule has 158 valence electrons. The second-order valence-corrected chi connectivity index (χ2v) is 7.47. The van der Waals surface area contributed by atoms with Gasteiger partial charge in [-0.2, -0.15) is 13.2 Å². The minimum atomic E-state index is -4.62. The number of benzene rings is 2. The summed E-state index contributed by atoms with van der Waals surface area (Å²) in [5.41, 5.74) is 1.64. The molecule has 8 heteroatoms. The second kappa shape index (κ2) is 9.05. The van der Waals surface area contributed by atoms with Gasteiger partial charge in [-0.15, -0.1) is 0 Å². The van der Waals surface area contributed by atoms with E-state index in [1.165, 1.54) is 6.07 Å². The lowest BCUT2D eigenvalue weighted by Gasteiger charge is -2.25. The van der Waals surface area contributed by atoms with Gasteiger partial charge in [-0.05, 0) is 62.7 Å². The molecule has 0 aliphatic heterocycles. The molecule has 29 heavy (non-hydrogen) atoms. The van der Waals surface area contributed by atoms with Crippen molar-refractivity contribution in [2.24, 2.45) is 0 Å². The number of likely N-dealkylation sites (N-methyl/N-ethyl adjacent to an activating group) is 1. The van der Waals surface area contributed by atoms with E-state index >= 15 is 0 Å². The number of rotatable bonds is 6. The van der Waals surface area contributed by atoms with Crippen molar-refractivity contribution in [1.82, 2.24) is 4.90 Å². The zero-order valence-electron chi connectivity index (χ0n) is 16.9. The van der Waals surface area contributed by atoms with Gasteiger partial charge in [-0.1, -0.05) is 23.7 Å². The fraction of sp³-hybridized carbons (Fsp3) is 0.381. The third-order valence-corrected chi connectivity index (χ3v) is 4.98. The van der Waals surface area contributed by atoms with Crippen molar-refractivity contribution in [3.05, 3.63) is 57.6 Å². The van der Waals surface area contributed by atoms with E-state index in [0.717, 1.165) is 34.6 Å². The number of halogens is 4. The maximum atomic E-state index is 13.2. The van der Waals surface area contributed by atoms with Crippen LogP contribution in [0, 0.1) is 13.8 Å². The van der Waals surface area contributed by atoms with E-state index < -0.39 is 23.7 Å². The van der Waals surface area contributed by atoms with Gasteiger partial charge in [0.05, 0.1) is 24.4 Å². The Morgan fingerprint density at radius 3 is 2.31 bits per heavy atom. The standard InChI is InChI=1S/C21H24ClF3N2O2/c1-12-8-15(9-13(2)19(12)29-5)11-27(4)14(3)20(28)26-18-7-6-16(22)10-17(18)21(23,24)25/h6-10,14H,11H2,1-5H3,(H,26,28). The van der Waals surface area contributed by atoms with Crippen molar-refractivity contribution in [2.75, 3.05) is 19.5 Å². The monoisotopic (exact) mass is 428 g/mol. The lowest BCUT2D eigenvalue weighted by atomic mass is 10.0. The van der Waals surface area contributed by atoms with E-state index in [-0.39, 0.29) is 10.7 Å². The number of nitrogens with zero attached hydrogens (tertiary/aromatic N) is 1. The predicted octanol–water partition coefficient (Wildman–Crippen LogP) is 5.44. The van der Waals surface area contributed by atoms with Crippen LogP contribution >= 0.6 is 11.6 Å². The van der Waals surface area contributed by atoms with Crippen LogP contribution in [0.2, 0.25) is 5.02 Å². The molecule has 1 unspecified atom stereocenters. The normalized spacial score (nSPS) is 12.8. The van der Waals surface area contributed by atoms with Crippen molar-refractivity contribution in [3.63, 3.8) is 0 Å². The van der Waals surface area contributed by atoms with Gasteiger partial charge in [-0.25, -0.2) is 0 Å². The summed E-state index contributed by atoms with van der Waals surface area (Å²) in [6.45, 7) is 5.96. The van der Waals surface area contributed by atoms with E-state index in [9.17, 15) is 18.0 Å². The summed E-state index contributed by atoms with van der Waals surface area (Å²) in [6.07, 6.45) is -4.62. The third-order valence-electron chi connectivity index (χ3n) is 4.74.